The second-order valence-corrected chi connectivity index (χ2v) is 9.56. The first-order chi connectivity index (χ1) is 18.4. The molecule has 0 radical (unpaired) electrons. The van der Waals surface area contributed by atoms with E-state index in [1.807, 2.05) is 37.3 Å². The largest absolute Gasteiger partial charge is 0.337 e. The SMILES string of the molecule is CCCC1c2c(C)nn(-c3ccc([N+](=O)[O-])cc3)c2N=C2C(Nc3ccc(C)cc3)=Nc3ccccc3N21. The number of aromatic nitrogens is 2. The highest BCUT2D eigenvalue weighted by Gasteiger charge is 2.40. The highest BCUT2D eigenvalue weighted by atomic mass is 16.6. The number of nitro benzene ring substituents is 1. The van der Waals surface area contributed by atoms with Crippen LogP contribution < -0.4 is 10.2 Å². The van der Waals surface area contributed by atoms with Crippen LogP contribution in [-0.2, 0) is 0 Å². The Morgan fingerprint density at radius 3 is 2.42 bits per heavy atom. The predicted octanol–water partition coefficient (Wildman–Crippen LogP) is 6.94. The minimum atomic E-state index is -0.401. The number of anilines is 2. The van der Waals surface area contributed by atoms with Gasteiger partial charge in [0.1, 0.15) is 0 Å². The predicted molar refractivity (Wildman–Crippen MR) is 151 cm³/mol. The lowest BCUT2D eigenvalue weighted by atomic mass is 9.96. The first kappa shape index (κ1) is 23.6. The fourth-order valence-electron chi connectivity index (χ4n) is 5.14. The summed E-state index contributed by atoms with van der Waals surface area (Å²) in [6.45, 7) is 6.24. The summed E-state index contributed by atoms with van der Waals surface area (Å²) < 4.78 is 1.78. The smallest absolute Gasteiger partial charge is 0.269 e. The van der Waals surface area contributed by atoms with Crippen LogP contribution in [0.2, 0.25) is 0 Å². The molecule has 3 heterocycles. The van der Waals surface area contributed by atoms with Crippen molar-refractivity contribution >= 4 is 40.2 Å². The van der Waals surface area contributed by atoms with Crippen LogP contribution in [0.1, 0.15) is 42.6 Å². The van der Waals surface area contributed by atoms with Crippen molar-refractivity contribution in [1.82, 2.24) is 9.78 Å². The fraction of sp³-hybridized carbons (Fsp3) is 0.207. The lowest BCUT2D eigenvalue weighted by molar-refractivity contribution is -0.384. The Bertz CT molecular complexity index is 1600. The monoisotopic (exact) mass is 505 g/mol. The van der Waals surface area contributed by atoms with Crippen molar-refractivity contribution in [2.45, 2.75) is 39.7 Å². The molecule has 2 aliphatic rings. The highest BCUT2D eigenvalue weighted by molar-refractivity contribution is 6.51. The van der Waals surface area contributed by atoms with Gasteiger partial charge in [0, 0.05) is 23.4 Å². The third-order valence-corrected chi connectivity index (χ3v) is 6.93. The molecule has 38 heavy (non-hydrogen) atoms. The van der Waals surface area contributed by atoms with Crippen LogP contribution >= 0.6 is 0 Å². The van der Waals surface area contributed by atoms with E-state index < -0.39 is 4.92 Å². The Morgan fingerprint density at radius 1 is 0.974 bits per heavy atom. The van der Waals surface area contributed by atoms with Gasteiger partial charge >= 0.3 is 0 Å². The molecule has 0 spiro atoms. The van der Waals surface area contributed by atoms with E-state index in [0.29, 0.717) is 11.5 Å². The van der Waals surface area contributed by atoms with E-state index in [4.69, 9.17) is 15.1 Å². The van der Waals surface area contributed by atoms with Crippen molar-refractivity contribution in [2.75, 3.05) is 10.2 Å². The summed E-state index contributed by atoms with van der Waals surface area (Å²) in [5.41, 5.74) is 6.68. The number of nitrogens with one attached hydrogen (secondary N) is 1. The molecule has 4 aromatic rings. The van der Waals surface area contributed by atoms with Gasteiger partial charge in [0.15, 0.2) is 17.5 Å². The van der Waals surface area contributed by atoms with Gasteiger partial charge < -0.3 is 10.2 Å². The highest BCUT2D eigenvalue weighted by Crippen LogP contribution is 2.47. The number of amidine groups is 2. The molecule has 190 valence electrons. The average molecular weight is 506 g/mol. The fourth-order valence-corrected chi connectivity index (χ4v) is 5.14. The molecule has 9 heteroatoms. The Labute approximate surface area is 220 Å². The van der Waals surface area contributed by atoms with Crippen molar-refractivity contribution in [1.29, 1.82) is 0 Å². The van der Waals surface area contributed by atoms with Crippen molar-refractivity contribution in [2.24, 2.45) is 9.98 Å². The zero-order valence-electron chi connectivity index (χ0n) is 21.4. The Morgan fingerprint density at radius 2 is 1.71 bits per heavy atom. The van der Waals surface area contributed by atoms with Gasteiger partial charge in [0.05, 0.1) is 33.7 Å². The zero-order valence-corrected chi connectivity index (χ0v) is 21.4. The molecule has 0 saturated carbocycles. The Kier molecular flexibility index (Phi) is 5.75. The molecular formula is C29H27N7O2. The van der Waals surface area contributed by atoms with Crippen LogP contribution in [0.5, 0.6) is 0 Å². The maximum absolute atomic E-state index is 11.2. The molecule has 2 aliphatic heterocycles. The molecule has 0 amide bonds. The van der Waals surface area contributed by atoms with Gasteiger partial charge in [-0.1, -0.05) is 43.2 Å². The van der Waals surface area contributed by atoms with Gasteiger partial charge in [0.2, 0.25) is 0 Å². The van der Waals surface area contributed by atoms with E-state index in [-0.39, 0.29) is 11.7 Å². The third-order valence-electron chi connectivity index (χ3n) is 6.93. The molecule has 1 atom stereocenters. The standard InChI is InChI=1S/C29H27N7O2/c1-4-7-25-26-19(3)33-35(21-14-16-22(17-15-21)36(37)38)28(26)32-29-27(30-20-12-10-18(2)11-13-20)31-23-8-5-6-9-24(23)34(25)29/h5-6,8-17,25H,4,7H2,1-3H3,(H,30,31). The van der Waals surface area contributed by atoms with Gasteiger partial charge in [-0.05, 0) is 56.7 Å². The van der Waals surface area contributed by atoms with Crippen molar-refractivity contribution < 1.29 is 4.92 Å². The van der Waals surface area contributed by atoms with Gasteiger partial charge in [-0.25, -0.2) is 14.7 Å². The molecular weight excluding hydrogens is 478 g/mol. The van der Waals surface area contributed by atoms with Crippen LogP contribution in [0.4, 0.5) is 28.6 Å². The number of hydrogen-bond acceptors (Lipinski definition) is 7. The number of hydrogen-bond donors (Lipinski definition) is 1. The Balaban J connectivity index is 1.54. The summed E-state index contributed by atoms with van der Waals surface area (Å²) in [6, 6.07) is 22.7. The summed E-state index contributed by atoms with van der Waals surface area (Å²) in [5.74, 6) is 2.10. The quantitative estimate of drug-likeness (QED) is 0.234. The number of nitrogens with zero attached hydrogens (tertiary/aromatic N) is 6. The van der Waals surface area contributed by atoms with Crippen LogP contribution in [0.25, 0.3) is 5.69 Å². The normalized spacial score (nSPS) is 15.7. The van der Waals surface area contributed by atoms with Crippen molar-refractivity contribution in [3.05, 3.63) is 99.7 Å². The molecule has 6 rings (SSSR count). The number of nitro groups is 1. The zero-order chi connectivity index (χ0) is 26.4. The van der Waals surface area contributed by atoms with Crippen molar-refractivity contribution in [3.8, 4) is 5.69 Å². The summed E-state index contributed by atoms with van der Waals surface area (Å²) in [6.07, 6.45) is 1.86. The van der Waals surface area contributed by atoms with E-state index in [9.17, 15) is 10.1 Å². The number of fused-ring (bicyclic) bond motifs is 4. The Hall–Kier alpha value is -4.79. The minimum Gasteiger partial charge on any atom is -0.337 e. The van der Waals surface area contributed by atoms with Crippen LogP contribution in [0, 0.1) is 24.0 Å². The third kappa shape index (κ3) is 3.92. The first-order valence-electron chi connectivity index (χ1n) is 12.7. The number of para-hydroxylation sites is 2. The van der Waals surface area contributed by atoms with E-state index in [0.717, 1.165) is 52.8 Å². The lowest BCUT2D eigenvalue weighted by Crippen LogP contribution is -2.46. The van der Waals surface area contributed by atoms with E-state index in [1.165, 1.54) is 17.7 Å². The molecule has 0 bridgehead atoms. The van der Waals surface area contributed by atoms with Crippen LogP contribution in [0.15, 0.2) is 82.8 Å². The van der Waals surface area contributed by atoms with E-state index in [2.05, 4.69) is 42.3 Å². The molecule has 1 unspecified atom stereocenters. The number of aryl methyl sites for hydroxylation is 2. The lowest BCUT2D eigenvalue weighted by Gasteiger charge is -2.40. The molecule has 9 nitrogen and oxygen atoms in total. The van der Waals surface area contributed by atoms with Crippen LogP contribution in [-0.4, -0.2) is 26.4 Å². The number of benzene rings is 3. The van der Waals surface area contributed by atoms with E-state index >= 15 is 0 Å². The number of rotatable bonds is 5. The summed E-state index contributed by atoms with van der Waals surface area (Å²) in [7, 11) is 0. The number of non-ortho nitro benzene ring substituents is 1. The van der Waals surface area contributed by atoms with E-state index in [1.54, 1.807) is 16.8 Å². The van der Waals surface area contributed by atoms with Crippen molar-refractivity contribution in [3.63, 3.8) is 0 Å². The maximum atomic E-state index is 11.2. The number of aliphatic imine (C=N–C) groups is 2. The topological polar surface area (TPSA) is 101 Å². The minimum absolute atomic E-state index is 0.000709. The molecule has 0 aliphatic carbocycles. The average Bonchev–Trinajstić information content (AvgIpc) is 3.26. The van der Waals surface area contributed by atoms with Crippen LogP contribution in [0.3, 0.4) is 0 Å². The molecule has 1 aromatic heterocycles. The summed E-state index contributed by atoms with van der Waals surface area (Å²) in [4.78, 5) is 23.2. The van der Waals surface area contributed by atoms with Gasteiger partial charge in [0.25, 0.3) is 5.69 Å². The summed E-state index contributed by atoms with van der Waals surface area (Å²) in [5, 5.41) is 19.6. The molecule has 3 aromatic carbocycles. The van der Waals surface area contributed by atoms with Gasteiger partial charge in [-0.3, -0.25) is 10.1 Å². The maximum Gasteiger partial charge on any atom is 0.269 e. The van der Waals surface area contributed by atoms with Gasteiger partial charge in [-0.2, -0.15) is 5.10 Å². The second-order valence-electron chi connectivity index (χ2n) is 9.56. The molecule has 0 saturated heterocycles. The molecule has 0 fully saturated rings. The molecule has 1 N–H and O–H groups in total. The van der Waals surface area contributed by atoms with Gasteiger partial charge in [-0.15, -0.1) is 0 Å². The first-order valence-corrected chi connectivity index (χ1v) is 12.7. The summed E-state index contributed by atoms with van der Waals surface area (Å²) >= 11 is 0. The second kappa shape index (κ2) is 9.26.